The second kappa shape index (κ2) is 10.5. The van der Waals surface area contributed by atoms with Crippen LogP contribution in [0, 0.1) is 0 Å². The Kier molecular flexibility index (Phi) is 8.35. The van der Waals surface area contributed by atoms with Crippen molar-refractivity contribution in [2.45, 2.75) is 38.3 Å². The summed E-state index contributed by atoms with van der Waals surface area (Å²) in [6.45, 7) is 4.28. The van der Waals surface area contributed by atoms with Crippen molar-refractivity contribution >= 4 is 24.2 Å². The zero-order valence-corrected chi connectivity index (χ0v) is 15.9. The Morgan fingerprint density at radius 1 is 1.15 bits per heavy atom. The van der Waals surface area contributed by atoms with Crippen LogP contribution in [-0.4, -0.2) is 55.6 Å². The predicted octanol–water partition coefficient (Wildman–Crippen LogP) is 1.73. The predicted molar refractivity (Wildman–Crippen MR) is 103 cm³/mol. The summed E-state index contributed by atoms with van der Waals surface area (Å²) in [4.78, 5) is 26.4. The fourth-order valence-electron chi connectivity index (χ4n) is 3.29. The number of nitrogens with zero attached hydrogens (tertiary/aromatic N) is 1. The van der Waals surface area contributed by atoms with E-state index >= 15 is 0 Å². The Labute approximate surface area is 161 Å². The largest absolute Gasteiger partial charge is 0.378 e. The molecule has 0 aromatic heterocycles. The molecule has 1 aromatic rings. The summed E-state index contributed by atoms with van der Waals surface area (Å²) in [6, 6.07) is 7.64. The monoisotopic (exact) mass is 381 g/mol. The second-order valence-electron chi connectivity index (χ2n) is 6.76. The van der Waals surface area contributed by atoms with Crippen molar-refractivity contribution in [3.63, 3.8) is 0 Å². The number of nitrogens with one attached hydrogen (secondary N) is 2. The van der Waals surface area contributed by atoms with Crippen molar-refractivity contribution in [3.05, 3.63) is 35.4 Å². The maximum Gasteiger partial charge on any atom is 0.253 e. The quantitative estimate of drug-likeness (QED) is 0.814. The maximum absolute atomic E-state index is 12.4. The number of benzene rings is 1. The molecule has 0 bridgehead atoms. The van der Waals surface area contributed by atoms with E-state index in [0.29, 0.717) is 26.2 Å². The van der Waals surface area contributed by atoms with Crippen molar-refractivity contribution in [1.29, 1.82) is 0 Å². The highest BCUT2D eigenvalue weighted by Gasteiger charge is 2.18. The topological polar surface area (TPSA) is 70.7 Å². The van der Waals surface area contributed by atoms with Crippen LogP contribution in [0.3, 0.4) is 0 Å². The first-order valence-electron chi connectivity index (χ1n) is 9.18. The molecule has 2 saturated heterocycles. The van der Waals surface area contributed by atoms with Crippen LogP contribution in [0.25, 0.3) is 0 Å². The molecular formula is C19H28ClN3O3. The van der Waals surface area contributed by atoms with Crippen LogP contribution in [0.15, 0.2) is 24.3 Å². The minimum Gasteiger partial charge on any atom is -0.378 e. The van der Waals surface area contributed by atoms with Crippen LogP contribution < -0.4 is 10.6 Å². The highest BCUT2D eigenvalue weighted by atomic mass is 35.5. The molecule has 2 fully saturated rings. The van der Waals surface area contributed by atoms with Gasteiger partial charge in [0, 0.05) is 44.2 Å². The Morgan fingerprint density at radius 2 is 1.88 bits per heavy atom. The molecule has 0 radical (unpaired) electrons. The summed E-state index contributed by atoms with van der Waals surface area (Å²) in [6.07, 6.45) is 3.82. The van der Waals surface area contributed by atoms with Gasteiger partial charge in [-0.25, -0.2) is 0 Å². The van der Waals surface area contributed by atoms with Crippen LogP contribution in [0.5, 0.6) is 0 Å². The normalized spacial score (nSPS) is 20.2. The summed E-state index contributed by atoms with van der Waals surface area (Å²) >= 11 is 0. The lowest BCUT2D eigenvalue weighted by Gasteiger charge is -2.26. The summed E-state index contributed by atoms with van der Waals surface area (Å²) in [5, 5.41) is 6.20. The van der Waals surface area contributed by atoms with E-state index in [1.165, 1.54) is 6.42 Å². The Morgan fingerprint density at radius 3 is 2.54 bits per heavy atom. The number of ether oxygens (including phenoxy) is 1. The summed E-state index contributed by atoms with van der Waals surface area (Å²) in [5.74, 6) is 0.120. The molecule has 1 atom stereocenters. The third-order valence-corrected chi connectivity index (χ3v) is 4.76. The number of halogens is 1. The molecule has 7 heteroatoms. The number of morpholine rings is 1. The van der Waals surface area contributed by atoms with Crippen molar-refractivity contribution in [2.24, 2.45) is 0 Å². The Hall–Kier alpha value is -1.63. The van der Waals surface area contributed by atoms with Gasteiger partial charge < -0.3 is 20.3 Å². The SMILES string of the molecule is Cl.O=C(CC1COCCN1)NCc1ccc(C(=O)N2CCCCC2)cc1. The third kappa shape index (κ3) is 5.97. The lowest BCUT2D eigenvalue weighted by atomic mass is 10.1. The number of rotatable bonds is 5. The van der Waals surface area contributed by atoms with Gasteiger partial charge in [0.25, 0.3) is 5.91 Å². The molecule has 144 valence electrons. The molecule has 0 saturated carbocycles. The fourth-order valence-corrected chi connectivity index (χ4v) is 3.29. The standard InChI is InChI=1S/C19H27N3O3.ClH/c23-18(12-17-14-25-11-8-20-17)21-13-15-4-6-16(7-5-15)19(24)22-9-2-1-3-10-22;/h4-7,17,20H,1-3,8-14H2,(H,21,23);1H. The Bertz CT molecular complexity index is 582. The molecule has 0 spiro atoms. The lowest BCUT2D eigenvalue weighted by Crippen LogP contribution is -2.44. The molecule has 6 nitrogen and oxygen atoms in total. The van der Waals surface area contributed by atoms with Gasteiger partial charge in [-0.1, -0.05) is 12.1 Å². The Balaban J connectivity index is 0.00000243. The van der Waals surface area contributed by atoms with Crippen molar-refractivity contribution in [2.75, 3.05) is 32.8 Å². The molecule has 26 heavy (non-hydrogen) atoms. The average Bonchev–Trinajstić information content (AvgIpc) is 2.68. The number of likely N-dealkylation sites (tertiary alicyclic amines) is 1. The van der Waals surface area contributed by atoms with E-state index in [2.05, 4.69) is 10.6 Å². The minimum absolute atomic E-state index is 0. The van der Waals surface area contributed by atoms with Gasteiger partial charge in [-0.15, -0.1) is 12.4 Å². The number of piperidine rings is 1. The van der Waals surface area contributed by atoms with Crippen LogP contribution in [-0.2, 0) is 16.1 Å². The molecule has 2 heterocycles. The van der Waals surface area contributed by atoms with Crippen LogP contribution in [0.4, 0.5) is 0 Å². The molecule has 0 aliphatic carbocycles. The highest BCUT2D eigenvalue weighted by Crippen LogP contribution is 2.14. The third-order valence-electron chi connectivity index (χ3n) is 4.76. The molecule has 2 aliphatic heterocycles. The molecule has 2 amide bonds. The van der Waals surface area contributed by atoms with Crippen LogP contribution >= 0.6 is 12.4 Å². The van der Waals surface area contributed by atoms with Gasteiger partial charge in [-0.3, -0.25) is 9.59 Å². The van der Waals surface area contributed by atoms with Crippen molar-refractivity contribution in [1.82, 2.24) is 15.5 Å². The summed E-state index contributed by atoms with van der Waals surface area (Å²) in [7, 11) is 0. The first kappa shape index (κ1) is 20.7. The van der Waals surface area contributed by atoms with Crippen molar-refractivity contribution in [3.8, 4) is 0 Å². The van der Waals surface area contributed by atoms with E-state index in [-0.39, 0.29) is 30.3 Å². The minimum atomic E-state index is 0. The van der Waals surface area contributed by atoms with Gasteiger partial charge >= 0.3 is 0 Å². The maximum atomic E-state index is 12.4. The van der Waals surface area contributed by atoms with E-state index in [0.717, 1.165) is 43.6 Å². The first-order valence-corrected chi connectivity index (χ1v) is 9.18. The van der Waals surface area contributed by atoms with Gasteiger partial charge in [0.1, 0.15) is 0 Å². The van der Waals surface area contributed by atoms with Crippen LogP contribution in [0.2, 0.25) is 0 Å². The number of amides is 2. The number of hydrogen-bond acceptors (Lipinski definition) is 4. The van der Waals surface area contributed by atoms with Gasteiger partial charge in [0.2, 0.25) is 5.91 Å². The van der Waals surface area contributed by atoms with E-state index in [4.69, 9.17) is 4.74 Å². The zero-order chi connectivity index (χ0) is 17.5. The van der Waals surface area contributed by atoms with Crippen molar-refractivity contribution < 1.29 is 14.3 Å². The fraction of sp³-hybridized carbons (Fsp3) is 0.579. The summed E-state index contributed by atoms with van der Waals surface area (Å²) in [5.41, 5.74) is 1.72. The molecule has 3 rings (SSSR count). The zero-order valence-electron chi connectivity index (χ0n) is 15.0. The second-order valence-corrected chi connectivity index (χ2v) is 6.76. The molecule has 1 aromatic carbocycles. The average molecular weight is 382 g/mol. The smallest absolute Gasteiger partial charge is 0.253 e. The first-order chi connectivity index (χ1) is 12.2. The lowest BCUT2D eigenvalue weighted by molar-refractivity contribution is -0.122. The number of carbonyl (C=O) groups excluding carboxylic acids is 2. The van der Waals surface area contributed by atoms with E-state index in [1.54, 1.807) is 0 Å². The van der Waals surface area contributed by atoms with Gasteiger partial charge in [-0.2, -0.15) is 0 Å². The van der Waals surface area contributed by atoms with E-state index < -0.39 is 0 Å². The van der Waals surface area contributed by atoms with E-state index in [1.807, 2.05) is 29.2 Å². The molecule has 2 N–H and O–H groups in total. The molecule has 2 aliphatic rings. The summed E-state index contributed by atoms with van der Waals surface area (Å²) < 4.78 is 5.35. The number of carbonyl (C=O) groups is 2. The molecular weight excluding hydrogens is 354 g/mol. The van der Waals surface area contributed by atoms with Gasteiger partial charge in [-0.05, 0) is 37.0 Å². The van der Waals surface area contributed by atoms with Crippen LogP contribution in [0.1, 0.15) is 41.6 Å². The molecule has 1 unspecified atom stereocenters. The van der Waals surface area contributed by atoms with E-state index in [9.17, 15) is 9.59 Å². The van der Waals surface area contributed by atoms with Gasteiger partial charge in [0.05, 0.1) is 13.2 Å². The van der Waals surface area contributed by atoms with Gasteiger partial charge in [0.15, 0.2) is 0 Å². The number of hydrogen-bond donors (Lipinski definition) is 2. The highest BCUT2D eigenvalue weighted by molar-refractivity contribution is 5.94.